The van der Waals surface area contributed by atoms with Crippen LogP contribution in [0.2, 0.25) is 0 Å². The number of halogens is 5. The number of Topliss-reactive ketones (excluding diaryl/α,β-unsaturated/α-hetero) is 1. The first kappa shape index (κ1) is 21.7. The van der Waals surface area contributed by atoms with Gasteiger partial charge in [-0.15, -0.1) is 0 Å². The highest BCUT2D eigenvalue weighted by Crippen LogP contribution is 2.33. The van der Waals surface area contributed by atoms with Crippen LogP contribution in [-0.2, 0) is 6.18 Å². The summed E-state index contributed by atoms with van der Waals surface area (Å²) in [4.78, 5) is 30.4. The number of likely N-dealkylation sites (tertiary alicyclic amines) is 1. The van der Waals surface area contributed by atoms with Crippen molar-refractivity contribution in [3.63, 3.8) is 0 Å². The fourth-order valence-corrected chi connectivity index (χ4v) is 3.35. The minimum Gasteiger partial charge on any atom is -0.324 e. The number of rotatable bonds is 3. The van der Waals surface area contributed by atoms with Crippen molar-refractivity contribution in [1.29, 1.82) is 0 Å². The molecule has 0 unspecified atom stereocenters. The molecule has 1 aliphatic rings. The van der Waals surface area contributed by atoms with E-state index in [1.54, 1.807) is 25.3 Å². The Morgan fingerprint density at radius 3 is 2.23 bits per heavy atom. The number of pyridine rings is 1. The highest BCUT2D eigenvalue weighted by atomic mass is 19.4. The fourth-order valence-electron chi connectivity index (χ4n) is 3.35. The number of nitrogens with zero attached hydrogens (tertiary/aromatic N) is 2. The van der Waals surface area contributed by atoms with Crippen LogP contribution in [0.15, 0.2) is 30.5 Å². The normalized spacial score (nSPS) is 15.2. The molecule has 1 saturated heterocycles. The summed E-state index contributed by atoms with van der Waals surface area (Å²) in [6.07, 6.45) is -3.10. The molecule has 1 aromatic heterocycles. The van der Waals surface area contributed by atoms with Gasteiger partial charge in [-0.3, -0.25) is 9.78 Å². The molecule has 1 aliphatic heterocycles. The first-order valence-corrected chi connectivity index (χ1v) is 9.15. The van der Waals surface area contributed by atoms with Crippen molar-refractivity contribution in [2.45, 2.75) is 25.9 Å². The predicted molar refractivity (Wildman–Crippen MR) is 98.0 cm³/mol. The molecule has 160 valence electrons. The van der Waals surface area contributed by atoms with Crippen LogP contribution in [0.4, 0.5) is 32.4 Å². The maximum Gasteiger partial charge on any atom is 0.416 e. The van der Waals surface area contributed by atoms with E-state index in [2.05, 4.69) is 10.3 Å². The number of aromatic nitrogens is 1. The Hall–Kier alpha value is -3.04. The number of hydrogen-bond acceptors (Lipinski definition) is 3. The molecule has 2 aromatic rings. The van der Waals surface area contributed by atoms with Gasteiger partial charge in [0.2, 0.25) is 0 Å². The standard InChI is InChI=1S/C20H18F5N3O2/c1-11-8-14(2-5-26-11)27-19(30)28-6-3-12(4-7-28)18(29)17-15(21)9-13(10-16(17)22)20(23,24)25/h2,5,8-10,12H,3-4,6-7H2,1H3,(H,26,27,30). The zero-order valence-electron chi connectivity index (χ0n) is 15.9. The summed E-state index contributed by atoms with van der Waals surface area (Å²) in [7, 11) is 0. The van der Waals surface area contributed by atoms with E-state index in [-0.39, 0.29) is 38.1 Å². The molecule has 3 rings (SSSR count). The summed E-state index contributed by atoms with van der Waals surface area (Å²) in [5, 5.41) is 2.70. The second kappa shape index (κ2) is 8.37. The number of urea groups is 1. The average Bonchev–Trinajstić information content (AvgIpc) is 2.66. The molecule has 0 aliphatic carbocycles. The third-order valence-electron chi connectivity index (χ3n) is 4.92. The highest BCUT2D eigenvalue weighted by Gasteiger charge is 2.36. The Labute approximate surface area is 168 Å². The van der Waals surface area contributed by atoms with Crippen molar-refractivity contribution in [1.82, 2.24) is 9.88 Å². The monoisotopic (exact) mass is 427 g/mol. The van der Waals surface area contributed by atoms with Crippen molar-refractivity contribution in [2.75, 3.05) is 18.4 Å². The van der Waals surface area contributed by atoms with E-state index in [0.29, 0.717) is 5.69 Å². The zero-order valence-corrected chi connectivity index (χ0v) is 15.9. The molecule has 2 heterocycles. The van der Waals surface area contributed by atoms with Gasteiger partial charge in [0.25, 0.3) is 0 Å². The van der Waals surface area contributed by atoms with Crippen molar-refractivity contribution < 1.29 is 31.5 Å². The molecular weight excluding hydrogens is 409 g/mol. The minimum absolute atomic E-state index is 0.121. The molecule has 30 heavy (non-hydrogen) atoms. The van der Waals surface area contributed by atoms with Gasteiger partial charge in [0, 0.05) is 36.6 Å². The Bertz CT molecular complexity index is 946. The number of nitrogens with one attached hydrogen (secondary N) is 1. The van der Waals surface area contributed by atoms with E-state index in [4.69, 9.17) is 0 Å². The maximum absolute atomic E-state index is 14.1. The number of ketones is 1. The van der Waals surface area contributed by atoms with Crippen LogP contribution in [0.1, 0.15) is 34.5 Å². The fraction of sp³-hybridized carbons (Fsp3) is 0.350. The van der Waals surface area contributed by atoms with E-state index in [1.165, 1.54) is 4.90 Å². The molecule has 2 amide bonds. The first-order valence-electron chi connectivity index (χ1n) is 9.15. The predicted octanol–water partition coefficient (Wildman–Crippen LogP) is 4.81. The first-order chi connectivity index (χ1) is 14.1. The van der Waals surface area contributed by atoms with Crippen molar-refractivity contribution in [2.24, 2.45) is 5.92 Å². The van der Waals surface area contributed by atoms with Gasteiger partial charge in [-0.25, -0.2) is 13.6 Å². The van der Waals surface area contributed by atoms with Gasteiger partial charge in [-0.05, 0) is 44.0 Å². The van der Waals surface area contributed by atoms with Gasteiger partial charge < -0.3 is 10.2 Å². The van der Waals surface area contributed by atoms with Gasteiger partial charge in [-0.1, -0.05) is 0 Å². The number of aryl methyl sites for hydroxylation is 1. The molecule has 0 radical (unpaired) electrons. The number of hydrogen-bond donors (Lipinski definition) is 1. The van der Waals surface area contributed by atoms with Gasteiger partial charge in [0.15, 0.2) is 5.78 Å². The molecule has 1 aromatic carbocycles. The van der Waals surface area contributed by atoms with Crippen LogP contribution in [0.5, 0.6) is 0 Å². The lowest BCUT2D eigenvalue weighted by Crippen LogP contribution is -2.42. The Morgan fingerprint density at radius 1 is 1.10 bits per heavy atom. The molecule has 1 fully saturated rings. The smallest absolute Gasteiger partial charge is 0.324 e. The summed E-state index contributed by atoms with van der Waals surface area (Å²) in [6.45, 7) is 2.10. The van der Waals surface area contributed by atoms with E-state index >= 15 is 0 Å². The molecular formula is C20H18F5N3O2. The van der Waals surface area contributed by atoms with E-state index in [0.717, 1.165) is 5.69 Å². The third-order valence-corrected chi connectivity index (χ3v) is 4.92. The Balaban J connectivity index is 1.65. The lowest BCUT2D eigenvalue weighted by molar-refractivity contribution is -0.138. The van der Waals surface area contributed by atoms with E-state index in [1.807, 2.05) is 0 Å². The minimum atomic E-state index is -4.92. The van der Waals surface area contributed by atoms with Crippen LogP contribution in [-0.4, -0.2) is 34.8 Å². The number of carbonyl (C=O) groups is 2. The molecule has 0 saturated carbocycles. The van der Waals surface area contributed by atoms with Crippen molar-refractivity contribution >= 4 is 17.5 Å². The number of alkyl halides is 3. The summed E-state index contributed by atoms with van der Waals surface area (Å²) in [5.74, 6) is -4.78. The topological polar surface area (TPSA) is 62.3 Å². The molecule has 0 atom stereocenters. The number of carbonyl (C=O) groups excluding carboxylic acids is 2. The Morgan fingerprint density at radius 2 is 1.70 bits per heavy atom. The van der Waals surface area contributed by atoms with Gasteiger partial charge in [-0.2, -0.15) is 13.2 Å². The van der Waals surface area contributed by atoms with E-state index < -0.39 is 46.7 Å². The van der Waals surface area contributed by atoms with Crippen LogP contribution in [0.3, 0.4) is 0 Å². The summed E-state index contributed by atoms with van der Waals surface area (Å²) in [5.41, 5.74) is -1.19. The summed E-state index contributed by atoms with van der Waals surface area (Å²) in [6, 6.07) is 3.16. The van der Waals surface area contributed by atoms with Crippen LogP contribution in [0.25, 0.3) is 0 Å². The quantitative estimate of drug-likeness (QED) is 0.565. The van der Waals surface area contributed by atoms with Crippen LogP contribution in [0, 0.1) is 24.5 Å². The SMILES string of the molecule is Cc1cc(NC(=O)N2CCC(C(=O)c3c(F)cc(C(F)(F)F)cc3F)CC2)ccn1. The lowest BCUT2D eigenvalue weighted by atomic mass is 9.88. The second-order valence-corrected chi connectivity index (χ2v) is 7.05. The summed E-state index contributed by atoms with van der Waals surface area (Å²) >= 11 is 0. The largest absolute Gasteiger partial charge is 0.416 e. The number of amides is 2. The molecule has 0 bridgehead atoms. The van der Waals surface area contributed by atoms with Crippen molar-refractivity contribution in [3.8, 4) is 0 Å². The molecule has 5 nitrogen and oxygen atoms in total. The van der Waals surface area contributed by atoms with Crippen LogP contribution >= 0.6 is 0 Å². The Kier molecular flexibility index (Phi) is 6.04. The zero-order chi connectivity index (χ0) is 22.1. The maximum atomic E-state index is 14.1. The van der Waals surface area contributed by atoms with Gasteiger partial charge in [0.05, 0.1) is 11.1 Å². The summed E-state index contributed by atoms with van der Waals surface area (Å²) < 4.78 is 66.2. The highest BCUT2D eigenvalue weighted by molar-refractivity contribution is 5.98. The number of benzene rings is 1. The average molecular weight is 427 g/mol. The second-order valence-electron chi connectivity index (χ2n) is 7.05. The van der Waals surface area contributed by atoms with Crippen LogP contribution < -0.4 is 5.32 Å². The lowest BCUT2D eigenvalue weighted by Gasteiger charge is -2.31. The third kappa shape index (κ3) is 4.74. The van der Waals surface area contributed by atoms with Gasteiger partial charge >= 0.3 is 12.2 Å². The van der Waals surface area contributed by atoms with E-state index in [9.17, 15) is 31.5 Å². The molecule has 0 spiro atoms. The van der Waals surface area contributed by atoms with Crippen molar-refractivity contribution in [3.05, 3.63) is 58.9 Å². The molecule has 1 N–H and O–H groups in total. The number of anilines is 1. The number of piperidine rings is 1. The molecule has 10 heteroatoms. The van der Waals surface area contributed by atoms with Gasteiger partial charge in [0.1, 0.15) is 11.6 Å².